The van der Waals surface area contributed by atoms with Gasteiger partial charge in [-0.15, -0.1) is 0 Å². The Hall–Kier alpha value is -1.10. The first-order valence-electron chi connectivity index (χ1n) is 5.54. The van der Waals surface area contributed by atoms with E-state index in [4.69, 9.17) is 11.1 Å². The summed E-state index contributed by atoms with van der Waals surface area (Å²) in [7, 11) is 1.89. The molecule has 0 spiro atoms. The molecule has 1 saturated carbocycles. The van der Waals surface area contributed by atoms with E-state index < -0.39 is 0 Å². The summed E-state index contributed by atoms with van der Waals surface area (Å²) in [5, 5.41) is 7.34. The lowest BCUT2D eigenvalue weighted by Crippen LogP contribution is -2.22. The van der Waals surface area contributed by atoms with Crippen LogP contribution >= 0.6 is 15.9 Å². The van der Waals surface area contributed by atoms with Crippen molar-refractivity contribution in [2.75, 3.05) is 18.5 Å². The molecule has 2 rings (SSSR count). The van der Waals surface area contributed by atoms with Gasteiger partial charge < -0.3 is 10.6 Å². The number of anilines is 1. The van der Waals surface area contributed by atoms with Crippen molar-refractivity contribution in [3.8, 4) is 0 Å². The van der Waals surface area contributed by atoms with Crippen LogP contribution in [-0.4, -0.2) is 19.4 Å². The maximum absolute atomic E-state index is 14.1. The summed E-state index contributed by atoms with van der Waals surface area (Å²) in [6, 6.07) is 3.35. The second kappa shape index (κ2) is 4.64. The van der Waals surface area contributed by atoms with Crippen LogP contribution < -0.4 is 10.6 Å². The van der Waals surface area contributed by atoms with Crippen LogP contribution in [0.3, 0.4) is 0 Å². The molecular weight excluding hydrogens is 285 g/mol. The van der Waals surface area contributed by atoms with Gasteiger partial charge in [0.1, 0.15) is 5.84 Å². The fourth-order valence-corrected chi connectivity index (χ4v) is 2.38. The average molecular weight is 300 g/mol. The zero-order valence-electron chi connectivity index (χ0n) is 9.63. The van der Waals surface area contributed by atoms with E-state index in [-0.39, 0.29) is 16.1 Å². The van der Waals surface area contributed by atoms with Crippen molar-refractivity contribution in [1.82, 2.24) is 0 Å². The van der Waals surface area contributed by atoms with Gasteiger partial charge >= 0.3 is 0 Å². The van der Waals surface area contributed by atoms with E-state index in [0.29, 0.717) is 17.2 Å². The van der Waals surface area contributed by atoms with Crippen molar-refractivity contribution in [2.24, 2.45) is 11.7 Å². The number of nitrogens with one attached hydrogen (secondary N) is 1. The first kappa shape index (κ1) is 12.4. The van der Waals surface area contributed by atoms with Crippen molar-refractivity contribution >= 4 is 27.5 Å². The van der Waals surface area contributed by atoms with E-state index in [1.165, 1.54) is 12.8 Å². The van der Waals surface area contributed by atoms with Crippen LogP contribution in [0.15, 0.2) is 16.6 Å². The number of halogens is 2. The van der Waals surface area contributed by atoms with E-state index in [1.54, 1.807) is 12.1 Å². The van der Waals surface area contributed by atoms with Crippen LogP contribution in [0.4, 0.5) is 10.1 Å². The third-order valence-corrected chi connectivity index (χ3v) is 3.77. The summed E-state index contributed by atoms with van der Waals surface area (Å²) in [6.07, 6.45) is 2.47. The number of nitrogen functional groups attached to an aromatic ring is 1. The molecule has 0 radical (unpaired) electrons. The summed E-state index contributed by atoms with van der Waals surface area (Å²) >= 11 is 3.16. The number of hydrogen-bond donors (Lipinski definition) is 2. The molecule has 92 valence electrons. The van der Waals surface area contributed by atoms with Gasteiger partial charge in [-0.2, -0.15) is 0 Å². The summed E-state index contributed by atoms with van der Waals surface area (Å²) < 4.78 is 14.4. The number of hydrogen-bond acceptors (Lipinski definition) is 2. The zero-order valence-corrected chi connectivity index (χ0v) is 11.2. The van der Waals surface area contributed by atoms with Crippen molar-refractivity contribution in [1.29, 1.82) is 5.41 Å². The van der Waals surface area contributed by atoms with Crippen LogP contribution in [-0.2, 0) is 0 Å². The van der Waals surface area contributed by atoms with Gasteiger partial charge in [-0.25, -0.2) is 4.39 Å². The topological polar surface area (TPSA) is 53.1 Å². The van der Waals surface area contributed by atoms with Crippen molar-refractivity contribution in [3.05, 3.63) is 28.0 Å². The van der Waals surface area contributed by atoms with E-state index in [9.17, 15) is 4.39 Å². The summed E-state index contributed by atoms with van der Waals surface area (Å²) in [5.74, 6) is 0.221. The second-order valence-electron chi connectivity index (χ2n) is 4.50. The fourth-order valence-electron chi connectivity index (χ4n) is 1.83. The third-order valence-electron chi connectivity index (χ3n) is 2.99. The van der Waals surface area contributed by atoms with E-state index >= 15 is 0 Å². The standard InChI is InChI=1S/C12H15BrFN3/c1-17(6-7-2-3-7)9-5-4-8(12(15)16)10(13)11(9)14/h4-5,7H,2-3,6H2,1H3,(H3,15,16). The highest BCUT2D eigenvalue weighted by atomic mass is 79.9. The molecule has 17 heavy (non-hydrogen) atoms. The molecule has 0 atom stereocenters. The minimum Gasteiger partial charge on any atom is -0.384 e. The lowest BCUT2D eigenvalue weighted by Gasteiger charge is -2.21. The number of benzene rings is 1. The van der Waals surface area contributed by atoms with Gasteiger partial charge in [0, 0.05) is 19.2 Å². The molecule has 0 amide bonds. The van der Waals surface area contributed by atoms with Crippen molar-refractivity contribution in [2.45, 2.75) is 12.8 Å². The Morgan fingerprint density at radius 3 is 2.76 bits per heavy atom. The van der Waals surface area contributed by atoms with E-state index in [1.807, 2.05) is 11.9 Å². The SMILES string of the molecule is CN(CC1CC1)c1ccc(C(=N)N)c(Br)c1F. The summed E-state index contributed by atoms with van der Waals surface area (Å²) in [5.41, 5.74) is 6.32. The normalized spacial score (nSPS) is 14.8. The maximum Gasteiger partial charge on any atom is 0.161 e. The molecule has 1 fully saturated rings. The minimum absolute atomic E-state index is 0.132. The number of nitrogens with two attached hydrogens (primary N) is 1. The Kier molecular flexibility index (Phi) is 3.38. The maximum atomic E-state index is 14.1. The van der Waals surface area contributed by atoms with E-state index in [0.717, 1.165) is 6.54 Å². The molecule has 1 aromatic rings. The van der Waals surface area contributed by atoms with Gasteiger partial charge in [0.05, 0.1) is 10.2 Å². The van der Waals surface area contributed by atoms with Crippen LogP contribution in [0, 0.1) is 17.1 Å². The van der Waals surface area contributed by atoms with Gasteiger partial charge in [0.15, 0.2) is 5.82 Å². The number of rotatable bonds is 4. The lowest BCUT2D eigenvalue weighted by molar-refractivity contribution is 0.612. The summed E-state index contributed by atoms with van der Waals surface area (Å²) in [6.45, 7) is 0.878. The molecule has 1 aromatic carbocycles. The van der Waals surface area contributed by atoms with Crippen LogP contribution in [0.5, 0.6) is 0 Å². The molecule has 1 aliphatic carbocycles. The number of nitrogens with zero attached hydrogens (tertiary/aromatic N) is 1. The molecule has 3 nitrogen and oxygen atoms in total. The lowest BCUT2D eigenvalue weighted by atomic mass is 10.1. The third kappa shape index (κ3) is 2.60. The Morgan fingerprint density at radius 2 is 2.24 bits per heavy atom. The smallest absolute Gasteiger partial charge is 0.161 e. The molecule has 0 bridgehead atoms. The highest BCUT2D eigenvalue weighted by molar-refractivity contribution is 9.10. The van der Waals surface area contributed by atoms with Crippen LogP contribution in [0.1, 0.15) is 18.4 Å². The average Bonchev–Trinajstić information content (AvgIpc) is 3.05. The summed E-state index contributed by atoms with van der Waals surface area (Å²) in [4.78, 5) is 1.92. The van der Waals surface area contributed by atoms with Gasteiger partial charge in [0.25, 0.3) is 0 Å². The van der Waals surface area contributed by atoms with E-state index in [2.05, 4.69) is 15.9 Å². The first-order chi connectivity index (χ1) is 8.00. The van der Waals surface area contributed by atoms with Crippen molar-refractivity contribution < 1.29 is 4.39 Å². The highest BCUT2D eigenvalue weighted by Gasteiger charge is 2.24. The van der Waals surface area contributed by atoms with Gasteiger partial charge in [0.2, 0.25) is 0 Å². The molecule has 5 heteroatoms. The molecular formula is C12H15BrFN3. The number of amidine groups is 1. The van der Waals surface area contributed by atoms with Gasteiger partial charge in [-0.05, 0) is 46.8 Å². The monoisotopic (exact) mass is 299 g/mol. The molecule has 0 saturated heterocycles. The second-order valence-corrected chi connectivity index (χ2v) is 5.29. The quantitative estimate of drug-likeness (QED) is 0.663. The Labute approximate surface area is 108 Å². The Morgan fingerprint density at radius 1 is 1.59 bits per heavy atom. The predicted molar refractivity (Wildman–Crippen MR) is 71.1 cm³/mol. The first-order valence-corrected chi connectivity index (χ1v) is 6.33. The molecule has 3 N–H and O–H groups in total. The molecule has 0 heterocycles. The molecule has 0 unspecified atom stereocenters. The van der Waals surface area contributed by atoms with Gasteiger partial charge in [-0.3, -0.25) is 5.41 Å². The highest BCUT2D eigenvalue weighted by Crippen LogP contribution is 2.33. The zero-order chi connectivity index (χ0) is 12.6. The Balaban J connectivity index is 2.28. The fraction of sp³-hybridized carbons (Fsp3) is 0.417. The molecule has 1 aliphatic rings. The Bertz CT molecular complexity index is 457. The van der Waals surface area contributed by atoms with Crippen molar-refractivity contribution in [3.63, 3.8) is 0 Å². The molecule has 0 aliphatic heterocycles. The van der Waals surface area contributed by atoms with Gasteiger partial charge in [-0.1, -0.05) is 0 Å². The molecule has 0 aromatic heterocycles. The largest absolute Gasteiger partial charge is 0.384 e. The van der Waals surface area contributed by atoms with Crippen LogP contribution in [0.2, 0.25) is 0 Å². The van der Waals surface area contributed by atoms with Crippen LogP contribution in [0.25, 0.3) is 0 Å². The minimum atomic E-state index is -0.346. The predicted octanol–water partition coefficient (Wildman–Crippen LogP) is 2.72.